The average Bonchev–Trinajstić information content (AvgIpc) is 2.16. The van der Waals surface area contributed by atoms with Gasteiger partial charge in [0, 0.05) is 20.5 Å². The third-order valence-corrected chi connectivity index (χ3v) is 2.27. The molecule has 0 saturated carbocycles. The molecule has 5 heteroatoms. The van der Waals surface area contributed by atoms with Crippen LogP contribution in [0.4, 0.5) is 10.1 Å². The number of carbonyl (C=O) groups is 1. The van der Waals surface area contributed by atoms with Crippen LogP contribution in [-0.2, 0) is 11.2 Å². The molecule has 88 valence electrons. The zero-order chi connectivity index (χ0) is 12.3. The SMILES string of the molecule is CN(C)c1c(F)cccc1CC(N)C(=O)O. The second kappa shape index (κ2) is 4.94. The molecule has 1 aromatic carbocycles. The Hall–Kier alpha value is -1.62. The molecule has 0 spiro atoms. The first-order chi connectivity index (χ1) is 7.43. The number of nitrogens with two attached hydrogens (primary N) is 1. The maximum Gasteiger partial charge on any atom is 0.320 e. The summed E-state index contributed by atoms with van der Waals surface area (Å²) < 4.78 is 13.5. The number of rotatable bonds is 4. The third kappa shape index (κ3) is 2.70. The van der Waals surface area contributed by atoms with E-state index in [-0.39, 0.29) is 12.2 Å². The molecule has 3 N–H and O–H groups in total. The summed E-state index contributed by atoms with van der Waals surface area (Å²) in [6, 6.07) is 3.55. The van der Waals surface area contributed by atoms with E-state index in [1.54, 1.807) is 31.1 Å². The second-order valence-electron chi connectivity index (χ2n) is 3.79. The first-order valence-corrected chi connectivity index (χ1v) is 4.86. The fourth-order valence-corrected chi connectivity index (χ4v) is 1.55. The van der Waals surface area contributed by atoms with Crippen LogP contribution >= 0.6 is 0 Å². The number of halogens is 1. The fourth-order valence-electron chi connectivity index (χ4n) is 1.55. The van der Waals surface area contributed by atoms with Crippen molar-refractivity contribution in [2.75, 3.05) is 19.0 Å². The van der Waals surface area contributed by atoms with Crippen molar-refractivity contribution in [1.29, 1.82) is 0 Å². The molecule has 0 radical (unpaired) electrons. The first kappa shape index (κ1) is 12.4. The van der Waals surface area contributed by atoms with Gasteiger partial charge in [-0.15, -0.1) is 0 Å². The summed E-state index contributed by atoms with van der Waals surface area (Å²) in [5, 5.41) is 8.71. The molecule has 0 amide bonds. The number of anilines is 1. The van der Waals surface area contributed by atoms with Crippen molar-refractivity contribution in [2.24, 2.45) is 5.73 Å². The number of aliphatic carboxylic acids is 1. The highest BCUT2D eigenvalue weighted by atomic mass is 19.1. The summed E-state index contributed by atoms with van der Waals surface area (Å²) in [7, 11) is 3.41. The fraction of sp³-hybridized carbons (Fsp3) is 0.364. The van der Waals surface area contributed by atoms with Gasteiger partial charge in [0.05, 0.1) is 5.69 Å². The Morgan fingerprint density at radius 3 is 2.69 bits per heavy atom. The van der Waals surface area contributed by atoms with Crippen molar-refractivity contribution in [3.63, 3.8) is 0 Å². The lowest BCUT2D eigenvalue weighted by molar-refractivity contribution is -0.138. The summed E-state index contributed by atoms with van der Waals surface area (Å²) in [6.07, 6.45) is 0.112. The number of hydrogen-bond donors (Lipinski definition) is 2. The highest BCUT2D eigenvalue weighted by Gasteiger charge is 2.17. The van der Waals surface area contributed by atoms with Gasteiger partial charge in [-0.25, -0.2) is 4.39 Å². The predicted molar refractivity (Wildman–Crippen MR) is 60.0 cm³/mol. The van der Waals surface area contributed by atoms with Crippen LogP contribution in [0.3, 0.4) is 0 Å². The average molecular weight is 226 g/mol. The lowest BCUT2D eigenvalue weighted by Gasteiger charge is -2.19. The van der Waals surface area contributed by atoms with Gasteiger partial charge < -0.3 is 15.7 Å². The molecule has 0 aliphatic carbocycles. The number of carboxylic acid groups (broad SMARTS) is 1. The van der Waals surface area contributed by atoms with Crippen LogP contribution in [0, 0.1) is 5.82 Å². The number of carboxylic acids is 1. The maximum atomic E-state index is 13.5. The smallest absolute Gasteiger partial charge is 0.320 e. The number of para-hydroxylation sites is 1. The van der Waals surface area contributed by atoms with Gasteiger partial charge >= 0.3 is 5.97 Å². The molecule has 0 heterocycles. The lowest BCUT2D eigenvalue weighted by atomic mass is 10.0. The highest BCUT2D eigenvalue weighted by molar-refractivity contribution is 5.74. The number of benzene rings is 1. The van der Waals surface area contributed by atoms with E-state index in [0.29, 0.717) is 11.3 Å². The van der Waals surface area contributed by atoms with Gasteiger partial charge in [0.15, 0.2) is 0 Å². The van der Waals surface area contributed by atoms with Crippen molar-refractivity contribution in [3.05, 3.63) is 29.6 Å². The molecule has 0 aromatic heterocycles. The molecule has 0 aliphatic rings. The Labute approximate surface area is 93.5 Å². The summed E-state index contributed by atoms with van der Waals surface area (Å²) in [4.78, 5) is 12.2. The van der Waals surface area contributed by atoms with E-state index in [0.717, 1.165) is 0 Å². The quantitative estimate of drug-likeness (QED) is 0.798. The Morgan fingerprint density at radius 1 is 1.56 bits per heavy atom. The molecule has 16 heavy (non-hydrogen) atoms. The van der Waals surface area contributed by atoms with Crippen LogP contribution in [0.1, 0.15) is 5.56 Å². The van der Waals surface area contributed by atoms with E-state index in [4.69, 9.17) is 10.8 Å². The van der Waals surface area contributed by atoms with E-state index >= 15 is 0 Å². The van der Waals surface area contributed by atoms with Gasteiger partial charge in [0.2, 0.25) is 0 Å². The number of hydrogen-bond acceptors (Lipinski definition) is 3. The normalized spacial score (nSPS) is 12.2. The van der Waals surface area contributed by atoms with E-state index in [9.17, 15) is 9.18 Å². The van der Waals surface area contributed by atoms with Crippen molar-refractivity contribution in [3.8, 4) is 0 Å². The summed E-state index contributed by atoms with van der Waals surface area (Å²) in [5.41, 5.74) is 6.41. The molecule has 1 atom stereocenters. The van der Waals surface area contributed by atoms with Gasteiger partial charge in [-0.2, -0.15) is 0 Å². The van der Waals surface area contributed by atoms with E-state index in [1.165, 1.54) is 6.07 Å². The third-order valence-electron chi connectivity index (χ3n) is 2.27. The molecular formula is C11H15FN2O2. The molecule has 1 aromatic rings. The molecular weight excluding hydrogens is 211 g/mol. The molecule has 1 rings (SSSR count). The van der Waals surface area contributed by atoms with Crippen molar-refractivity contribution < 1.29 is 14.3 Å². The standard InChI is InChI=1S/C11H15FN2O2/c1-14(2)10-7(4-3-5-8(10)12)6-9(13)11(15)16/h3-5,9H,6,13H2,1-2H3,(H,15,16). The van der Waals surface area contributed by atoms with Gasteiger partial charge in [-0.3, -0.25) is 4.79 Å². The van der Waals surface area contributed by atoms with Crippen LogP contribution < -0.4 is 10.6 Å². The summed E-state index contributed by atoms with van der Waals surface area (Å²) >= 11 is 0. The van der Waals surface area contributed by atoms with E-state index < -0.39 is 12.0 Å². The largest absolute Gasteiger partial charge is 0.480 e. The van der Waals surface area contributed by atoms with Gasteiger partial charge in [-0.05, 0) is 11.6 Å². The van der Waals surface area contributed by atoms with Crippen molar-refractivity contribution >= 4 is 11.7 Å². The number of nitrogens with zero attached hydrogens (tertiary/aromatic N) is 1. The molecule has 0 bridgehead atoms. The van der Waals surface area contributed by atoms with Gasteiger partial charge in [-0.1, -0.05) is 12.1 Å². The monoisotopic (exact) mass is 226 g/mol. The van der Waals surface area contributed by atoms with E-state index in [2.05, 4.69) is 0 Å². The minimum absolute atomic E-state index is 0.112. The summed E-state index contributed by atoms with van der Waals surface area (Å²) in [5.74, 6) is -1.46. The zero-order valence-corrected chi connectivity index (χ0v) is 9.27. The Bertz CT molecular complexity index is 394. The van der Waals surface area contributed by atoms with Crippen LogP contribution in [0.15, 0.2) is 18.2 Å². The predicted octanol–water partition coefficient (Wildman–Crippen LogP) is 0.846. The second-order valence-corrected chi connectivity index (χ2v) is 3.79. The zero-order valence-electron chi connectivity index (χ0n) is 9.27. The van der Waals surface area contributed by atoms with Crippen LogP contribution in [0.25, 0.3) is 0 Å². The van der Waals surface area contributed by atoms with Crippen LogP contribution in [0.5, 0.6) is 0 Å². The molecule has 1 unspecified atom stereocenters. The molecule has 0 aliphatic heterocycles. The topological polar surface area (TPSA) is 66.6 Å². The first-order valence-electron chi connectivity index (χ1n) is 4.86. The highest BCUT2D eigenvalue weighted by Crippen LogP contribution is 2.23. The van der Waals surface area contributed by atoms with Gasteiger partial charge in [0.25, 0.3) is 0 Å². The summed E-state index contributed by atoms with van der Waals surface area (Å²) in [6.45, 7) is 0. The molecule has 0 saturated heterocycles. The maximum absolute atomic E-state index is 13.5. The lowest BCUT2D eigenvalue weighted by Crippen LogP contribution is -2.33. The Kier molecular flexibility index (Phi) is 3.84. The van der Waals surface area contributed by atoms with Crippen LogP contribution in [0.2, 0.25) is 0 Å². The minimum Gasteiger partial charge on any atom is -0.480 e. The molecule has 0 fully saturated rings. The van der Waals surface area contributed by atoms with E-state index in [1.807, 2.05) is 0 Å². The Balaban J connectivity index is 3.04. The van der Waals surface area contributed by atoms with Crippen molar-refractivity contribution in [2.45, 2.75) is 12.5 Å². The van der Waals surface area contributed by atoms with Crippen LogP contribution in [-0.4, -0.2) is 31.2 Å². The molecule has 4 nitrogen and oxygen atoms in total. The Morgan fingerprint density at radius 2 is 2.19 bits per heavy atom. The van der Waals surface area contributed by atoms with Gasteiger partial charge in [0.1, 0.15) is 11.9 Å². The van der Waals surface area contributed by atoms with Crippen molar-refractivity contribution in [1.82, 2.24) is 0 Å². The minimum atomic E-state index is -1.09.